The summed E-state index contributed by atoms with van der Waals surface area (Å²) in [5.41, 5.74) is 9.71. The van der Waals surface area contributed by atoms with Crippen LogP contribution in [0.2, 0.25) is 0 Å². The molecule has 0 bridgehead atoms. The number of hydrogen-bond donors (Lipinski definition) is 0. The maximum atomic E-state index is 5.94. The molecule has 0 saturated carbocycles. The van der Waals surface area contributed by atoms with Crippen molar-refractivity contribution in [1.29, 1.82) is 0 Å². The van der Waals surface area contributed by atoms with Gasteiger partial charge in [0.15, 0.2) is 0 Å². The third kappa shape index (κ3) is 5.69. The molecule has 0 heterocycles. The van der Waals surface area contributed by atoms with E-state index in [-0.39, 0.29) is 0 Å². The number of benzene rings is 4. The fourth-order valence-electron chi connectivity index (χ4n) is 3.58. The van der Waals surface area contributed by atoms with Gasteiger partial charge in [0.2, 0.25) is 0 Å². The van der Waals surface area contributed by atoms with Crippen LogP contribution in [0.15, 0.2) is 97.1 Å². The van der Waals surface area contributed by atoms with Gasteiger partial charge in [-0.2, -0.15) is 0 Å². The number of methoxy groups -OCH3 is 1. The summed E-state index contributed by atoms with van der Waals surface area (Å²) in [5.74, 6) is 0. The van der Waals surface area contributed by atoms with Crippen LogP contribution in [0, 0.1) is 6.92 Å². The lowest BCUT2D eigenvalue weighted by molar-refractivity contribution is 0.107. The third-order valence-electron chi connectivity index (χ3n) is 5.43. The summed E-state index contributed by atoms with van der Waals surface area (Å²) in [6.07, 6.45) is 0. The van der Waals surface area contributed by atoms with E-state index in [2.05, 4.69) is 104 Å². The van der Waals surface area contributed by atoms with Gasteiger partial charge in [0.05, 0.1) is 19.8 Å². The smallest absolute Gasteiger partial charge is 0.0721 e. The maximum absolute atomic E-state index is 5.94. The second kappa shape index (κ2) is 10.2. The fraction of sp³-hybridized carbons (Fsp3) is 0.172. The summed E-state index contributed by atoms with van der Waals surface area (Å²) in [4.78, 5) is 0. The zero-order valence-electron chi connectivity index (χ0n) is 18.2. The van der Waals surface area contributed by atoms with Crippen molar-refractivity contribution in [3.8, 4) is 22.3 Å². The quantitative estimate of drug-likeness (QED) is 0.307. The molecular weight excluding hydrogens is 380 g/mol. The van der Waals surface area contributed by atoms with Gasteiger partial charge in [0.25, 0.3) is 0 Å². The molecule has 0 amide bonds. The molecule has 0 aliphatic heterocycles. The Bertz CT molecular complexity index is 1080. The molecule has 31 heavy (non-hydrogen) atoms. The first-order valence-electron chi connectivity index (χ1n) is 10.6. The maximum Gasteiger partial charge on any atom is 0.0721 e. The van der Waals surface area contributed by atoms with E-state index in [0.29, 0.717) is 19.8 Å². The Kier molecular flexibility index (Phi) is 6.93. The minimum absolute atomic E-state index is 0.604. The monoisotopic (exact) mass is 408 g/mol. The second-order valence-corrected chi connectivity index (χ2v) is 7.88. The van der Waals surface area contributed by atoms with Crippen molar-refractivity contribution in [2.75, 3.05) is 7.11 Å². The SMILES string of the molecule is COCc1ccc(-c2ccc(COCc3ccc(-c4ccc(C)cc4)cc3)cc2)cc1. The number of rotatable bonds is 8. The molecule has 0 spiro atoms. The highest BCUT2D eigenvalue weighted by Crippen LogP contribution is 2.22. The molecule has 0 atom stereocenters. The molecule has 0 aliphatic carbocycles. The van der Waals surface area contributed by atoms with Crippen LogP contribution in [-0.2, 0) is 29.3 Å². The lowest BCUT2D eigenvalue weighted by Gasteiger charge is -2.08. The van der Waals surface area contributed by atoms with Crippen LogP contribution in [0.4, 0.5) is 0 Å². The minimum atomic E-state index is 0.604. The molecule has 4 aromatic rings. The molecular formula is C29H28O2. The molecule has 0 N–H and O–H groups in total. The summed E-state index contributed by atoms with van der Waals surface area (Å²) in [6, 6.07) is 34.3. The molecule has 0 saturated heterocycles. The first kappa shape index (κ1) is 21.0. The van der Waals surface area contributed by atoms with E-state index in [9.17, 15) is 0 Å². The normalized spacial score (nSPS) is 10.9. The summed E-state index contributed by atoms with van der Waals surface area (Å²) < 4.78 is 11.1. The van der Waals surface area contributed by atoms with Crippen LogP contribution in [0.1, 0.15) is 22.3 Å². The van der Waals surface area contributed by atoms with E-state index in [1.165, 1.54) is 44.5 Å². The minimum Gasteiger partial charge on any atom is -0.380 e. The average Bonchev–Trinajstić information content (AvgIpc) is 2.81. The van der Waals surface area contributed by atoms with E-state index in [4.69, 9.17) is 9.47 Å². The highest BCUT2D eigenvalue weighted by atomic mass is 16.5. The number of hydrogen-bond acceptors (Lipinski definition) is 2. The van der Waals surface area contributed by atoms with Gasteiger partial charge in [-0.25, -0.2) is 0 Å². The molecule has 2 heteroatoms. The van der Waals surface area contributed by atoms with Crippen LogP contribution < -0.4 is 0 Å². The number of ether oxygens (including phenoxy) is 2. The summed E-state index contributed by atoms with van der Waals surface area (Å²) >= 11 is 0. The van der Waals surface area contributed by atoms with Gasteiger partial charge in [-0.3, -0.25) is 0 Å². The summed E-state index contributed by atoms with van der Waals surface area (Å²) in [6.45, 7) is 3.97. The molecule has 0 unspecified atom stereocenters. The van der Waals surface area contributed by atoms with E-state index in [0.717, 1.165) is 0 Å². The topological polar surface area (TPSA) is 18.5 Å². The Morgan fingerprint density at radius 2 is 0.774 bits per heavy atom. The fourth-order valence-corrected chi connectivity index (χ4v) is 3.58. The molecule has 0 fully saturated rings. The molecule has 4 aromatic carbocycles. The summed E-state index contributed by atoms with van der Waals surface area (Å²) in [7, 11) is 1.72. The predicted molar refractivity (Wildman–Crippen MR) is 128 cm³/mol. The van der Waals surface area contributed by atoms with Gasteiger partial charge < -0.3 is 9.47 Å². The van der Waals surface area contributed by atoms with Crippen molar-refractivity contribution in [3.63, 3.8) is 0 Å². The van der Waals surface area contributed by atoms with Crippen molar-refractivity contribution >= 4 is 0 Å². The highest BCUT2D eigenvalue weighted by Gasteiger charge is 2.02. The van der Waals surface area contributed by atoms with Crippen molar-refractivity contribution < 1.29 is 9.47 Å². The lowest BCUT2D eigenvalue weighted by Crippen LogP contribution is -1.94. The Morgan fingerprint density at radius 3 is 1.13 bits per heavy atom. The molecule has 4 rings (SSSR count). The van der Waals surface area contributed by atoms with Crippen LogP contribution >= 0.6 is 0 Å². The average molecular weight is 409 g/mol. The third-order valence-corrected chi connectivity index (χ3v) is 5.43. The molecule has 156 valence electrons. The van der Waals surface area contributed by atoms with E-state index in [1.807, 2.05) is 0 Å². The van der Waals surface area contributed by atoms with Crippen molar-refractivity contribution in [2.24, 2.45) is 0 Å². The number of aryl methyl sites for hydroxylation is 1. The van der Waals surface area contributed by atoms with Crippen LogP contribution in [-0.4, -0.2) is 7.11 Å². The van der Waals surface area contributed by atoms with E-state index >= 15 is 0 Å². The van der Waals surface area contributed by atoms with Gasteiger partial charge in [0.1, 0.15) is 0 Å². The van der Waals surface area contributed by atoms with Gasteiger partial charge >= 0.3 is 0 Å². The second-order valence-electron chi connectivity index (χ2n) is 7.88. The first-order chi connectivity index (χ1) is 15.2. The molecule has 2 nitrogen and oxygen atoms in total. The lowest BCUT2D eigenvalue weighted by atomic mass is 10.0. The Labute approximate surface area is 185 Å². The molecule has 0 aromatic heterocycles. The van der Waals surface area contributed by atoms with E-state index < -0.39 is 0 Å². The first-order valence-corrected chi connectivity index (χ1v) is 10.6. The Hall–Kier alpha value is -3.20. The zero-order valence-corrected chi connectivity index (χ0v) is 18.2. The Balaban J connectivity index is 1.30. The van der Waals surface area contributed by atoms with Gasteiger partial charge in [0, 0.05) is 7.11 Å². The van der Waals surface area contributed by atoms with Gasteiger partial charge in [-0.05, 0) is 45.9 Å². The standard InChI is InChI=1S/C29H28O2/c1-22-3-11-26(12-4-22)27-15-7-24(8-16-27)20-31-21-25-9-17-29(18-10-25)28-13-5-23(6-14-28)19-30-2/h3-18H,19-21H2,1-2H3. The molecule has 0 aliphatic rings. The van der Waals surface area contributed by atoms with Crippen molar-refractivity contribution in [3.05, 3.63) is 119 Å². The largest absolute Gasteiger partial charge is 0.380 e. The van der Waals surface area contributed by atoms with Crippen molar-refractivity contribution in [2.45, 2.75) is 26.7 Å². The van der Waals surface area contributed by atoms with Gasteiger partial charge in [-0.1, -0.05) is 103 Å². The van der Waals surface area contributed by atoms with Gasteiger partial charge in [-0.15, -0.1) is 0 Å². The molecule has 0 radical (unpaired) electrons. The highest BCUT2D eigenvalue weighted by molar-refractivity contribution is 5.64. The van der Waals surface area contributed by atoms with E-state index in [1.54, 1.807) is 7.11 Å². The van der Waals surface area contributed by atoms with Crippen molar-refractivity contribution in [1.82, 2.24) is 0 Å². The van der Waals surface area contributed by atoms with Crippen LogP contribution in [0.5, 0.6) is 0 Å². The zero-order chi connectivity index (χ0) is 21.5. The predicted octanol–water partition coefficient (Wildman–Crippen LogP) is 7.19. The van der Waals surface area contributed by atoms with Crippen LogP contribution in [0.25, 0.3) is 22.3 Å². The summed E-state index contributed by atoms with van der Waals surface area (Å²) in [5, 5.41) is 0. The van der Waals surface area contributed by atoms with Crippen LogP contribution in [0.3, 0.4) is 0 Å². The Morgan fingerprint density at radius 1 is 0.452 bits per heavy atom.